The van der Waals surface area contributed by atoms with Crippen LogP contribution in [-0.2, 0) is 13.1 Å². The lowest BCUT2D eigenvalue weighted by molar-refractivity contribution is 0.335. The second kappa shape index (κ2) is 7.99. The third-order valence-corrected chi connectivity index (χ3v) is 4.29. The smallest absolute Gasteiger partial charge is 0.0522 e. The predicted octanol–water partition coefficient (Wildman–Crippen LogP) is 4.17. The highest BCUT2D eigenvalue weighted by Crippen LogP contribution is 2.27. The molecule has 3 nitrogen and oxygen atoms in total. The molecule has 0 aliphatic carbocycles. The van der Waals surface area contributed by atoms with Gasteiger partial charge in [-0.2, -0.15) is 5.10 Å². The first-order valence-electron chi connectivity index (χ1n) is 8.09. The van der Waals surface area contributed by atoms with E-state index in [-0.39, 0.29) is 0 Å². The van der Waals surface area contributed by atoms with E-state index in [1.54, 1.807) is 0 Å². The van der Waals surface area contributed by atoms with Gasteiger partial charge in [0.2, 0.25) is 0 Å². The average Bonchev–Trinajstić information content (AvgIpc) is 2.99. The molecule has 1 aromatic heterocycles. The summed E-state index contributed by atoms with van der Waals surface area (Å²) in [5.74, 6) is 0.658. The number of hydrogen-bond donors (Lipinski definition) is 1. The lowest BCUT2D eigenvalue weighted by Crippen LogP contribution is -2.28. The summed E-state index contributed by atoms with van der Waals surface area (Å²) in [6.07, 6.45) is 4.27. The summed E-state index contributed by atoms with van der Waals surface area (Å²) < 4.78 is 2.06. The maximum Gasteiger partial charge on any atom is 0.0522 e. The first kappa shape index (κ1) is 15.8. The summed E-state index contributed by atoms with van der Waals surface area (Å²) in [6, 6.07) is 13.3. The summed E-state index contributed by atoms with van der Waals surface area (Å²) in [6.45, 7) is 8.48. The van der Waals surface area contributed by atoms with Crippen LogP contribution in [-0.4, -0.2) is 9.78 Å². The van der Waals surface area contributed by atoms with E-state index in [2.05, 4.69) is 72.3 Å². The fourth-order valence-corrected chi connectivity index (χ4v) is 2.99. The Bertz CT molecular complexity index is 514. The van der Waals surface area contributed by atoms with Gasteiger partial charge in [0.05, 0.1) is 5.69 Å². The van der Waals surface area contributed by atoms with Crippen LogP contribution in [0.1, 0.15) is 50.9 Å². The van der Waals surface area contributed by atoms with E-state index in [1.807, 2.05) is 6.20 Å². The number of benzene rings is 1. The van der Waals surface area contributed by atoms with Crippen molar-refractivity contribution in [1.82, 2.24) is 15.1 Å². The SMILES string of the molecule is CCC(CC)C(NCc1ccnn1CC)c1ccccc1. The first-order chi connectivity index (χ1) is 10.3. The Hall–Kier alpha value is -1.61. The number of nitrogens with zero attached hydrogens (tertiary/aromatic N) is 2. The van der Waals surface area contributed by atoms with Crippen LogP contribution in [0.25, 0.3) is 0 Å². The summed E-state index contributed by atoms with van der Waals surface area (Å²) in [5.41, 5.74) is 2.64. The third kappa shape index (κ3) is 3.94. The van der Waals surface area contributed by atoms with Gasteiger partial charge in [-0.3, -0.25) is 4.68 Å². The molecule has 0 bridgehead atoms. The van der Waals surface area contributed by atoms with Gasteiger partial charge in [-0.25, -0.2) is 0 Å². The van der Waals surface area contributed by atoms with Gasteiger partial charge in [0.25, 0.3) is 0 Å². The summed E-state index contributed by atoms with van der Waals surface area (Å²) in [5, 5.41) is 8.10. The zero-order valence-corrected chi connectivity index (χ0v) is 13.4. The minimum absolute atomic E-state index is 0.404. The monoisotopic (exact) mass is 285 g/mol. The van der Waals surface area contributed by atoms with Crippen molar-refractivity contribution in [2.24, 2.45) is 5.92 Å². The van der Waals surface area contributed by atoms with E-state index in [4.69, 9.17) is 0 Å². The Balaban J connectivity index is 2.13. The molecule has 0 saturated heterocycles. The molecule has 1 aromatic carbocycles. The second-order valence-electron chi connectivity index (χ2n) is 5.48. The van der Waals surface area contributed by atoms with Crippen molar-refractivity contribution < 1.29 is 0 Å². The Morgan fingerprint density at radius 2 is 1.76 bits per heavy atom. The van der Waals surface area contributed by atoms with Crippen molar-refractivity contribution >= 4 is 0 Å². The minimum atomic E-state index is 0.404. The predicted molar refractivity (Wildman–Crippen MR) is 88.0 cm³/mol. The molecule has 2 rings (SSSR count). The van der Waals surface area contributed by atoms with Crippen molar-refractivity contribution in [2.45, 2.75) is 52.7 Å². The van der Waals surface area contributed by atoms with E-state index >= 15 is 0 Å². The maximum atomic E-state index is 4.35. The van der Waals surface area contributed by atoms with E-state index in [9.17, 15) is 0 Å². The molecule has 0 spiro atoms. The van der Waals surface area contributed by atoms with Gasteiger partial charge in [-0.1, -0.05) is 57.0 Å². The largest absolute Gasteiger partial charge is 0.304 e. The van der Waals surface area contributed by atoms with Crippen molar-refractivity contribution in [1.29, 1.82) is 0 Å². The van der Waals surface area contributed by atoms with Gasteiger partial charge in [0.15, 0.2) is 0 Å². The molecule has 2 aromatic rings. The second-order valence-corrected chi connectivity index (χ2v) is 5.48. The molecule has 0 amide bonds. The van der Waals surface area contributed by atoms with E-state index < -0.39 is 0 Å². The number of aryl methyl sites for hydroxylation is 1. The lowest BCUT2D eigenvalue weighted by Gasteiger charge is -2.27. The van der Waals surface area contributed by atoms with Gasteiger partial charge in [0.1, 0.15) is 0 Å². The number of rotatable bonds is 8. The van der Waals surface area contributed by atoms with Crippen LogP contribution < -0.4 is 5.32 Å². The van der Waals surface area contributed by atoms with Crippen LogP contribution >= 0.6 is 0 Å². The highest BCUT2D eigenvalue weighted by atomic mass is 15.3. The first-order valence-corrected chi connectivity index (χ1v) is 8.09. The number of nitrogens with one attached hydrogen (secondary N) is 1. The van der Waals surface area contributed by atoms with Crippen molar-refractivity contribution in [2.75, 3.05) is 0 Å². The minimum Gasteiger partial charge on any atom is -0.304 e. The van der Waals surface area contributed by atoms with Crippen molar-refractivity contribution in [3.05, 3.63) is 53.9 Å². The Morgan fingerprint density at radius 3 is 2.38 bits per heavy atom. The summed E-state index contributed by atoms with van der Waals surface area (Å²) >= 11 is 0. The fourth-order valence-electron chi connectivity index (χ4n) is 2.99. The summed E-state index contributed by atoms with van der Waals surface area (Å²) in [4.78, 5) is 0. The van der Waals surface area contributed by atoms with Gasteiger partial charge < -0.3 is 5.32 Å². The lowest BCUT2D eigenvalue weighted by atomic mass is 9.89. The fraction of sp³-hybridized carbons (Fsp3) is 0.500. The topological polar surface area (TPSA) is 29.9 Å². The van der Waals surface area contributed by atoms with Crippen LogP contribution in [0.4, 0.5) is 0 Å². The quantitative estimate of drug-likeness (QED) is 0.789. The Labute approximate surface area is 128 Å². The zero-order valence-electron chi connectivity index (χ0n) is 13.4. The molecule has 114 valence electrons. The molecule has 0 saturated carbocycles. The van der Waals surface area contributed by atoms with E-state index in [1.165, 1.54) is 24.1 Å². The highest BCUT2D eigenvalue weighted by Gasteiger charge is 2.20. The molecular weight excluding hydrogens is 258 g/mol. The van der Waals surface area contributed by atoms with E-state index in [0.717, 1.165) is 13.1 Å². The third-order valence-electron chi connectivity index (χ3n) is 4.29. The molecular formula is C18H27N3. The van der Waals surface area contributed by atoms with Crippen LogP contribution in [0.2, 0.25) is 0 Å². The Morgan fingerprint density at radius 1 is 1.05 bits per heavy atom. The number of hydrogen-bond acceptors (Lipinski definition) is 2. The van der Waals surface area contributed by atoms with Gasteiger partial charge in [-0.15, -0.1) is 0 Å². The summed E-state index contributed by atoms with van der Waals surface area (Å²) in [7, 11) is 0. The zero-order chi connectivity index (χ0) is 15.1. The van der Waals surface area contributed by atoms with Crippen molar-refractivity contribution in [3.8, 4) is 0 Å². The van der Waals surface area contributed by atoms with E-state index in [0.29, 0.717) is 12.0 Å². The molecule has 0 radical (unpaired) electrons. The van der Waals surface area contributed by atoms with Gasteiger partial charge in [-0.05, 0) is 24.5 Å². The molecule has 3 heteroatoms. The molecule has 1 atom stereocenters. The van der Waals surface area contributed by atoms with Crippen LogP contribution in [0.5, 0.6) is 0 Å². The molecule has 1 N–H and O–H groups in total. The average molecular weight is 285 g/mol. The van der Waals surface area contributed by atoms with Crippen LogP contribution in [0.3, 0.4) is 0 Å². The van der Waals surface area contributed by atoms with Crippen LogP contribution in [0.15, 0.2) is 42.6 Å². The van der Waals surface area contributed by atoms with Gasteiger partial charge in [0, 0.05) is 25.3 Å². The normalized spacial score (nSPS) is 12.8. The molecule has 0 fully saturated rings. The van der Waals surface area contributed by atoms with Crippen LogP contribution in [0, 0.1) is 5.92 Å². The maximum absolute atomic E-state index is 4.35. The molecule has 0 aliphatic rings. The Kier molecular flexibility index (Phi) is 6.00. The van der Waals surface area contributed by atoms with Crippen molar-refractivity contribution in [3.63, 3.8) is 0 Å². The molecule has 1 heterocycles. The molecule has 1 unspecified atom stereocenters. The number of aromatic nitrogens is 2. The standard InChI is InChI=1S/C18H27N3/c1-4-15(5-2)18(16-10-8-7-9-11-16)19-14-17-12-13-20-21(17)6-3/h7-13,15,18-19H,4-6,14H2,1-3H3. The molecule has 0 aliphatic heterocycles. The molecule has 21 heavy (non-hydrogen) atoms. The highest BCUT2D eigenvalue weighted by molar-refractivity contribution is 5.20. The van der Waals surface area contributed by atoms with Gasteiger partial charge >= 0.3 is 0 Å².